The van der Waals surface area contributed by atoms with Crippen LogP contribution in [0.3, 0.4) is 0 Å². The number of nitrogens with two attached hydrogens (primary N) is 1. The minimum Gasteiger partial charge on any atom is -0.399 e. The molecule has 0 aliphatic heterocycles. The van der Waals surface area contributed by atoms with E-state index in [0.717, 1.165) is 18.5 Å². The molecule has 0 saturated carbocycles. The van der Waals surface area contributed by atoms with Crippen LogP contribution in [0.1, 0.15) is 38.3 Å². The number of ketones is 1. The minimum absolute atomic E-state index is 0.0810. The summed E-state index contributed by atoms with van der Waals surface area (Å²) in [6.07, 6.45) is 1.79. The maximum atomic E-state index is 11.6. The third-order valence-corrected chi connectivity index (χ3v) is 3.66. The molecule has 0 fully saturated rings. The molecule has 0 heterocycles. The average Bonchev–Trinajstić information content (AvgIpc) is 2.15. The van der Waals surface area contributed by atoms with Crippen molar-refractivity contribution in [2.75, 3.05) is 5.73 Å². The number of hydrogen-bond acceptors (Lipinski definition) is 2. The number of fused-ring (bicyclic) bond motifs is 1. The standard InChI is InChI=1S/C14H19NO/c1-9(16)11-6-10-7-12(15)4-5-13(10)14(2,3)8-11/h4-5,7,11H,6,8,15H2,1-3H3. The summed E-state index contributed by atoms with van der Waals surface area (Å²) in [6.45, 7) is 6.10. The lowest BCUT2D eigenvalue weighted by Crippen LogP contribution is -2.32. The van der Waals surface area contributed by atoms with Gasteiger partial charge in [-0.3, -0.25) is 4.79 Å². The molecule has 0 spiro atoms. The van der Waals surface area contributed by atoms with Gasteiger partial charge in [0.2, 0.25) is 0 Å². The molecule has 1 unspecified atom stereocenters. The van der Waals surface area contributed by atoms with Gasteiger partial charge in [-0.2, -0.15) is 0 Å². The Hall–Kier alpha value is -1.31. The number of Topliss-reactive ketones (excluding diaryl/α,β-unsaturated/α-hetero) is 1. The molecule has 0 bridgehead atoms. The maximum absolute atomic E-state index is 11.6. The summed E-state index contributed by atoms with van der Waals surface area (Å²) in [6, 6.07) is 6.09. The van der Waals surface area contributed by atoms with Crippen LogP contribution in [0.5, 0.6) is 0 Å². The van der Waals surface area contributed by atoms with Gasteiger partial charge in [0.25, 0.3) is 0 Å². The van der Waals surface area contributed by atoms with Crippen molar-refractivity contribution in [2.45, 2.75) is 39.0 Å². The molecule has 0 saturated heterocycles. The Morgan fingerprint density at radius 2 is 2.12 bits per heavy atom. The van der Waals surface area contributed by atoms with Crippen molar-refractivity contribution in [1.29, 1.82) is 0 Å². The smallest absolute Gasteiger partial charge is 0.133 e. The third-order valence-electron chi connectivity index (χ3n) is 3.66. The molecule has 2 rings (SSSR count). The molecule has 2 nitrogen and oxygen atoms in total. The monoisotopic (exact) mass is 217 g/mol. The second kappa shape index (κ2) is 3.62. The molecule has 0 radical (unpaired) electrons. The van der Waals surface area contributed by atoms with Crippen LogP contribution in [0.4, 0.5) is 5.69 Å². The summed E-state index contributed by atoms with van der Waals surface area (Å²) in [7, 11) is 0. The van der Waals surface area contributed by atoms with E-state index in [9.17, 15) is 4.79 Å². The lowest BCUT2D eigenvalue weighted by atomic mass is 9.67. The predicted molar refractivity (Wildman–Crippen MR) is 66.4 cm³/mol. The van der Waals surface area contributed by atoms with Gasteiger partial charge in [0, 0.05) is 11.6 Å². The highest BCUT2D eigenvalue weighted by atomic mass is 16.1. The SMILES string of the molecule is CC(=O)C1Cc2cc(N)ccc2C(C)(C)C1. The van der Waals surface area contributed by atoms with E-state index in [2.05, 4.69) is 19.9 Å². The molecule has 0 amide bonds. The van der Waals surface area contributed by atoms with E-state index in [0.29, 0.717) is 5.78 Å². The molecular weight excluding hydrogens is 198 g/mol. The third kappa shape index (κ3) is 1.84. The largest absolute Gasteiger partial charge is 0.399 e. The Morgan fingerprint density at radius 1 is 1.44 bits per heavy atom. The summed E-state index contributed by atoms with van der Waals surface area (Å²) in [5, 5.41) is 0. The van der Waals surface area contributed by atoms with Crippen LogP contribution >= 0.6 is 0 Å². The van der Waals surface area contributed by atoms with Gasteiger partial charge in [0.05, 0.1) is 0 Å². The fraction of sp³-hybridized carbons (Fsp3) is 0.500. The topological polar surface area (TPSA) is 43.1 Å². The quantitative estimate of drug-likeness (QED) is 0.735. The van der Waals surface area contributed by atoms with Gasteiger partial charge in [-0.1, -0.05) is 19.9 Å². The summed E-state index contributed by atoms with van der Waals surface area (Å²) >= 11 is 0. The Kier molecular flexibility index (Phi) is 2.53. The number of rotatable bonds is 1. The van der Waals surface area contributed by atoms with Crippen LogP contribution in [0.15, 0.2) is 18.2 Å². The number of benzene rings is 1. The lowest BCUT2D eigenvalue weighted by molar-refractivity contribution is -0.121. The number of carbonyl (C=O) groups is 1. The van der Waals surface area contributed by atoms with E-state index in [1.54, 1.807) is 6.92 Å². The number of hydrogen-bond donors (Lipinski definition) is 1. The number of nitrogen functional groups attached to an aromatic ring is 1. The van der Waals surface area contributed by atoms with E-state index in [1.807, 2.05) is 12.1 Å². The zero-order valence-corrected chi connectivity index (χ0v) is 10.2. The zero-order valence-electron chi connectivity index (χ0n) is 10.2. The molecule has 16 heavy (non-hydrogen) atoms. The van der Waals surface area contributed by atoms with Gasteiger partial charge in [-0.05, 0) is 48.4 Å². The normalized spacial score (nSPS) is 22.6. The lowest BCUT2D eigenvalue weighted by Gasteiger charge is -2.36. The van der Waals surface area contributed by atoms with E-state index in [1.165, 1.54) is 11.1 Å². The number of anilines is 1. The van der Waals surface area contributed by atoms with Crippen molar-refractivity contribution in [3.05, 3.63) is 29.3 Å². The average molecular weight is 217 g/mol. The van der Waals surface area contributed by atoms with Crippen LogP contribution in [-0.2, 0) is 16.6 Å². The molecule has 0 aromatic heterocycles. The van der Waals surface area contributed by atoms with E-state index < -0.39 is 0 Å². The molecule has 1 aliphatic carbocycles. The first-order chi connectivity index (χ1) is 7.40. The van der Waals surface area contributed by atoms with Crippen LogP contribution in [0, 0.1) is 5.92 Å². The van der Waals surface area contributed by atoms with Crippen molar-refractivity contribution in [3.63, 3.8) is 0 Å². The molecule has 1 aromatic rings. The van der Waals surface area contributed by atoms with Crippen molar-refractivity contribution in [1.82, 2.24) is 0 Å². The molecule has 1 aliphatic rings. The Labute approximate surface area is 96.8 Å². The second-order valence-corrected chi connectivity index (χ2v) is 5.52. The van der Waals surface area contributed by atoms with Gasteiger partial charge in [0.15, 0.2) is 0 Å². The van der Waals surface area contributed by atoms with Gasteiger partial charge in [0.1, 0.15) is 5.78 Å². The molecular formula is C14H19NO. The minimum atomic E-state index is 0.0810. The van der Waals surface area contributed by atoms with E-state index in [-0.39, 0.29) is 11.3 Å². The predicted octanol–water partition coefficient (Wildman–Crippen LogP) is 2.70. The maximum Gasteiger partial charge on any atom is 0.133 e. The Balaban J connectivity index is 2.47. The van der Waals surface area contributed by atoms with Gasteiger partial charge in [-0.15, -0.1) is 0 Å². The number of carbonyl (C=O) groups excluding carboxylic acids is 1. The summed E-state index contributed by atoms with van der Waals surface area (Å²) in [5.41, 5.74) is 9.27. The van der Waals surface area contributed by atoms with Gasteiger partial charge in [-0.25, -0.2) is 0 Å². The summed E-state index contributed by atoms with van der Waals surface area (Å²) in [5.74, 6) is 0.449. The first kappa shape index (κ1) is 11.2. The van der Waals surface area contributed by atoms with Crippen molar-refractivity contribution >= 4 is 11.5 Å². The van der Waals surface area contributed by atoms with Crippen molar-refractivity contribution in [2.24, 2.45) is 5.92 Å². The Bertz CT molecular complexity index is 434. The first-order valence-electron chi connectivity index (χ1n) is 5.79. The molecule has 2 N–H and O–H groups in total. The summed E-state index contributed by atoms with van der Waals surface area (Å²) < 4.78 is 0. The molecule has 1 atom stereocenters. The molecule has 1 aromatic carbocycles. The van der Waals surface area contributed by atoms with Crippen LogP contribution in [-0.4, -0.2) is 5.78 Å². The van der Waals surface area contributed by atoms with E-state index in [4.69, 9.17) is 5.73 Å². The van der Waals surface area contributed by atoms with E-state index >= 15 is 0 Å². The molecule has 2 heteroatoms. The van der Waals surface area contributed by atoms with Gasteiger partial charge >= 0.3 is 0 Å². The van der Waals surface area contributed by atoms with Gasteiger partial charge < -0.3 is 5.73 Å². The van der Waals surface area contributed by atoms with Crippen LogP contribution in [0.25, 0.3) is 0 Å². The highest BCUT2D eigenvalue weighted by molar-refractivity contribution is 5.79. The first-order valence-corrected chi connectivity index (χ1v) is 5.79. The van der Waals surface area contributed by atoms with Crippen molar-refractivity contribution < 1.29 is 4.79 Å². The highest BCUT2D eigenvalue weighted by Gasteiger charge is 2.34. The summed E-state index contributed by atoms with van der Waals surface area (Å²) in [4.78, 5) is 11.6. The highest BCUT2D eigenvalue weighted by Crippen LogP contribution is 2.40. The fourth-order valence-corrected chi connectivity index (χ4v) is 2.79. The second-order valence-electron chi connectivity index (χ2n) is 5.52. The van der Waals surface area contributed by atoms with Crippen LogP contribution in [0.2, 0.25) is 0 Å². The van der Waals surface area contributed by atoms with Crippen molar-refractivity contribution in [3.8, 4) is 0 Å². The van der Waals surface area contributed by atoms with Crippen LogP contribution < -0.4 is 5.73 Å². The fourth-order valence-electron chi connectivity index (χ4n) is 2.79. The zero-order chi connectivity index (χ0) is 11.9. The molecule has 86 valence electrons. The Morgan fingerprint density at radius 3 is 2.75 bits per heavy atom.